The zero-order chi connectivity index (χ0) is 36.3. The third-order valence-electron chi connectivity index (χ3n) is 14.3. The number of hydrogen-bond donors (Lipinski definition) is 0. The van der Waals surface area contributed by atoms with Crippen molar-refractivity contribution in [2.75, 3.05) is 4.90 Å². The normalized spacial score (nSPS) is 21.8. The predicted octanol–water partition coefficient (Wildman–Crippen LogP) is 12.9. The summed E-state index contributed by atoms with van der Waals surface area (Å²) in [5.74, 6) is 3.54. The number of anilines is 2. The Labute approximate surface area is 325 Å². The first-order valence-corrected chi connectivity index (χ1v) is 20.2. The molecule has 3 unspecified atom stereocenters. The average Bonchev–Trinajstić information content (AvgIpc) is 3.86. The minimum atomic E-state index is -0.349. The molecule has 1 saturated carbocycles. The van der Waals surface area contributed by atoms with Gasteiger partial charge in [-0.05, 0) is 137 Å². The van der Waals surface area contributed by atoms with Gasteiger partial charge < -0.3 is 9.64 Å². The van der Waals surface area contributed by atoms with Gasteiger partial charge in [0.05, 0.1) is 5.41 Å². The molecule has 2 nitrogen and oxygen atoms in total. The first-order valence-electron chi connectivity index (χ1n) is 20.2. The molecule has 1 heterocycles. The first kappa shape index (κ1) is 29.7. The standard InChI is InChI=1S/C54H35NO/c1-2-15-37-35(13-1)38-30-44-39(36-14-3-4-16-41(36)54(44)42-17-9-11-31-23-24-32-12-10-18-43(54)50(32)49(31)42)29-40(38)53-51(52(37)53)33-25-27-34(28-26-33)55-45-19-5-7-21-47(45)56-48-22-8-6-20-46(48)55/h1-19,21-30,46,51-53H,20H2/p+1/t46?,51-,52?,53?/m0/s1. The van der Waals surface area contributed by atoms with E-state index in [1.54, 1.807) is 0 Å². The molecule has 8 aromatic carbocycles. The molecule has 0 amide bonds. The molecule has 5 aliphatic carbocycles. The number of fused-ring (bicyclic) bond motifs is 15. The van der Waals surface area contributed by atoms with E-state index in [4.69, 9.17) is 4.74 Å². The van der Waals surface area contributed by atoms with E-state index in [0.29, 0.717) is 17.8 Å². The van der Waals surface area contributed by atoms with Gasteiger partial charge >= 0.3 is 0 Å². The third kappa shape index (κ3) is 3.51. The molecule has 0 radical (unpaired) electrons. The van der Waals surface area contributed by atoms with Gasteiger partial charge in [0.1, 0.15) is 11.7 Å². The number of rotatable bonds is 2. The third-order valence-corrected chi connectivity index (χ3v) is 14.3. The van der Waals surface area contributed by atoms with Crippen molar-refractivity contribution >= 4 is 32.9 Å². The topological polar surface area (TPSA) is 16.0 Å². The van der Waals surface area contributed by atoms with Crippen molar-refractivity contribution in [1.82, 2.24) is 0 Å². The summed E-state index contributed by atoms with van der Waals surface area (Å²) in [7, 11) is 0. The second-order valence-electron chi connectivity index (χ2n) is 16.7. The minimum Gasteiger partial charge on any atom is -0.546 e. The van der Waals surface area contributed by atoms with Gasteiger partial charge in [0.2, 0.25) is 0 Å². The molecule has 0 bridgehead atoms. The van der Waals surface area contributed by atoms with Crippen molar-refractivity contribution in [3.63, 3.8) is 0 Å². The van der Waals surface area contributed by atoms with Crippen molar-refractivity contribution in [1.29, 1.82) is 0 Å². The van der Waals surface area contributed by atoms with E-state index in [-0.39, 0.29) is 11.5 Å². The van der Waals surface area contributed by atoms with E-state index in [9.17, 15) is 0 Å². The van der Waals surface area contributed by atoms with Crippen molar-refractivity contribution in [2.45, 2.75) is 35.6 Å². The Kier molecular flexibility index (Phi) is 5.49. The molecule has 0 saturated heterocycles. The number of aliphatic hydroxyl groups is 1. The Morgan fingerprint density at radius 1 is 0.518 bits per heavy atom. The van der Waals surface area contributed by atoms with Crippen LogP contribution >= 0.6 is 0 Å². The number of benzene rings is 8. The summed E-state index contributed by atoms with van der Waals surface area (Å²) in [5, 5.41) is 5.49. The summed E-state index contributed by atoms with van der Waals surface area (Å²) in [6, 6.07) is 60.8. The summed E-state index contributed by atoms with van der Waals surface area (Å²) < 4.78 is 5.05. The predicted molar refractivity (Wildman–Crippen MR) is 228 cm³/mol. The summed E-state index contributed by atoms with van der Waals surface area (Å²) in [6.45, 7) is 0. The highest BCUT2D eigenvalue weighted by Gasteiger charge is 2.58. The van der Waals surface area contributed by atoms with Crippen molar-refractivity contribution in [3.05, 3.63) is 221 Å². The highest BCUT2D eigenvalue weighted by Crippen LogP contribution is 2.73. The van der Waals surface area contributed by atoms with Gasteiger partial charge in [0.15, 0.2) is 0 Å². The lowest BCUT2D eigenvalue weighted by Gasteiger charge is -2.37. The number of nitrogens with zero attached hydrogens (tertiary/aromatic N) is 1. The molecule has 1 N–H and O–H groups in total. The Morgan fingerprint density at radius 3 is 2.04 bits per heavy atom. The van der Waals surface area contributed by atoms with Gasteiger partial charge in [-0.3, -0.25) is 0 Å². The van der Waals surface area contributed by atoms with Crippen LogP contribution in [0.4, 0.5) is 11.4 Å². The fourth-order valence-electron chi connectivity index (χ4n) is 12.1. The molecule has 0 aromatic heterocycles. The maximum Gasteiger partial charge on any atom is 0.284 e. The van der Waals surface area contributed by atoms with Crippen LogP contribution in [0.25, 0.3) is 43.8 Å². The Morgan fingerprint density at radius 2 is 1.21 bits per heavy atom. The van der Waals surface area contributed by atoms with Crippen LogP contribution in [0.5, 0.6) is 5.75 Å². The molecule has 4 atom stereocenters. The maximum absolute atomic E-state index is 5.05. The van der Waals surface area contributed by atoms with Crippen LogP contribution in [-0.4, -0.2) is 10.8 Å². The molecule has 1 aliphatic heterocycles. The summed E-state index contributed by atoms with van der Waals surface area (Å²) in [4.78, 5) is 2.50. The highest BCUT2D eigenvalue weighted by molar-refractivity contribution is 6.17. The van der Waals surface area contributed by atoms with Gasteiger partial charge in [-0.15, -0.1) is 0 Å². The average molecular weight is 715 g/mol. The minimum absolute atomic E-state index is 0.211. The fourth-order valence-corrected chi connectivity index (χ4v) is 12.1. The lowest BCUT2D eigenvalue weighted by molar-refractivity contribution is 0.124. The van der Waals surface area contributed by atoms with Crippen LogP contribution in [0.15, 0.2) is 182 Å². The van der Waals surface area contributed by atoms with Crippen LogP contribution < -0.4 is 4.90 Å². The van der Waals surface area contributed by atoms with Gasteiger partial charge in [0.25, 0.3) is 11.5 Å². The lowest BCUT2D eigenvalue weighted by Crippen LogP contribution is -2.37. The molecule has 8 aromatic rings. The van der Waals surface area contributed by atoms with Crippen LogP contribution in [0, 0.1) is 0 Å². The lowest BCUT2D eigenvalue weighted by atomic mass is 9.69. The molecule has 262 valence electrons. The van der Waals surface area contributed by atoms with E-state index < -0.39 is 0 Å². The molecule has 56 heavy (non-hydrogen) atoms. The Bertz CT molecular complexity index is 3070. The number of aromatic hydroxyl groups is 1. The van der Waals surface area contributed by atoms with Crippen LogP contribution in [0.1, 0.15) is 63.1 Å². The molecule has 14 rings (SSSR count). The quantitative estimate of drug-likeness (QED) is 0.129. The smallest absolute Gasteiger partial charge is 0.284 e. The molecule has 2 heteroatoms. The summed E-state index contributed by atoms with van der Waals surface area (Å²) in [5.41, 5.74) is 17.8. The Balaban J connectivity index is 0.935. The monoisotopic (exact) mass is 714 g/mol. The molecular formula is C54H36NO+. The van der Waals surface area contributed by atoms with Gasteiger partial charge in [0, 0.05) is 17.8 Å². The molecule has 6 aliphatic rings. The SMILES string of the molecule is C1=CCC2C(=C1)[OH+]c1ccccc1N2c1ccc([C@H]2C3c4ccccc4-c4cc5c(cc4C32)-c2ccccc2C52c3cccc4ccc5cccc2c5c34)cc1. The number of ether oxygens (including phenoxy) is 1. The second kappa shape index (κ2) is 10.4. The van der Waals surface area contributed by atoms with Crippen molar-refractivity contribution in [2.24, 2.45) is 0 Å². The number of hydrogen-bond acceptors (Lipinski definition) is 1. The number of para-hydroxylation sites is 2. The summed E-state index contributed by atoms with van der Waals surface area (Å²) in [6.07, 6.45) is 7.55. The van der Waals surface area contributed by atoms with E-state index in [0.717, 1.165) is 17.9 Å². The first-order chi connectivity index (χ1) is 27.8. The van der Waals surface area contributed by atoms with Crippen molar-refractivity contribution in [3.8, 4) is 28.0 Å². The molecule has 1 spiro atoms. The van der Waals surface area contributed by atoms with Gasteiger partial charge in [-0.25, -0.2) is 0 Å². The zero-order valence-corrected chi connectivity index (χ0v) is 30.7. The van der Waals surface area contributed by atoms with E-state index in [2.05, 4.69) is 181 Å². The van der Waals surface area contributed by atoms with E-state index in [1.165, 1.54) is 94.1 Å². The number of allylic oxidation sites excluding steroid dienone is 2. The molecular weight excluding hydrogens is 679 g/mol. The van der Waals surface area contributed by atoms with Gasteiger partial charge in [-0.1, -0.05) is 133 Å². The molecule has 1 fully saturated rings. The van der Waals surface area contributed by atoms with Crippen LogP contribution in [0.3, 0.4) is 0 Å². The zero-order valence-electron chi connectivity index (χ0n) is 30.7. The van der Waals surface area contributed by atoms with Gasteiger partial charge in [-0.2, -0.15) is 0 Å². The van der Waals surface area contributed by atoms with Crippen LogP contribution in [0.2, 0.25) is 0 Å². The fraction of sp³-hybridized carbons (Fsp3) is 0.111. The van der Waals surface area contributed by atoms with Crippen LogP contribution in [-0.2, 0) is 5.41 Å². The van der Waals surface area contributed by atoms with Crippen molar-refractivity contribution < 1.29 is 4.74 Å². The van der Waals surface area contributed by atoms with E-state index in [1.807, 2.05) is 0 Å². The highest BCUT2D eigenvalue weighted by atomic mass is 16.5. The second-order valence-corrected chi connectivity index (χ2v) is 16.7. The largest absolute Gasteiger partial charge is 0.546 e. The van der Waals surface area contributed by atoms with E-state index >= 15 is 0 Å². The Hall–Kier alpha value is -6.64. The maximum atomic E-state index is 5.05. The summed E-state index contributed by atoms with van der Waals surface area (Å²) >= 11 is 0.